The van der Waals surface area contributed by atoms with E-state index in [1.54, 1.807) is 4.90 Å². The van der Waals surface area contributed by atoms with E-state index in [1.807, 2.05) is 54.6 Å². The van der Waals surface area contributed by atoms with Crippen LogP contribution in [0.5, 0.6) is 11.5 Å². The van der Waals surface area contributed by atoms with E-state index >= 15 is 0 Å². The number of piperidine rings is 1. The minimum Gasteiger partial charge on any atom is -0.457 e. The number of carbonyl (C=O) groups excluding carboxylic acids is 1. The number of amides is 1. The van der Waals surface area contributed by atoms with Crippen molar-refractivity contribution in [3.05, 3.63) is 66.4 Å². The predicted octanol–water partition coefficient (Wildman–Crippen LogP) is 1.98. The number of carbonyl (C=O) groups is 1. The van der Waals surface area contributed by atoms with Crippen LogP contribution >= 0.6 is 0 Å². The van der Waals surface area contributed by atoms with Gasteiger partial charge in [-0.2, -0.15) is 5.26 Å². The lowest BCUT2D eigenvalue weighted by atomic mass is 9.86. The number of nitrogens with two attached hydrogens (primary N) is 1. The highest BCUT2D eigenvalue weighted by atomic mass is 16.5. The number of hydrogen-bond donors (Lipinski definition) is 3. The summed E-state index contributed by atoms with van der Waals surface area (Å²) in [7, 11) is 0. The molecular weight excluding hydrogens is 404 g/mol. The molecule has 4 atom stereocenters. The van der Waals surface area contributed by atoms with Gasteiger partial charge in [0.1, 0.15) is 17.5 Å². The summed E-state index contributed by atoms with van der Waals surface area (Å²) in [5, 5.41) is 9.36. The van der Waals surface area contributed by atoms with Crippen LogP contribution in [0, 0.1) is 17.4 Å². The first-order valence-corrected chi connectivity index (χ1v) is 10.9. The maximum atomic E-state index is 12.9. The standard InChI is InChI=1S/C24H26N6O2/c25-15-29-12-4-5-17(13-29)30-14-20(21-22(30)24(31)28-27-23(21)26)16-8-10-19(11-9-16)32-18-6-2-1-3-7-18/h1-3,6-11,14,17,21-23,27H,4-5,12-13,26H2,(H,28,31)/t17-,21?,22?,23?/m1/s1. The van der Waals surface area contributed by atoms with Gasteiger partial charge in [-0.1, -0.05) is 30.3 Å². The average molecular weight is 431 g/mol. The van der Waals surface area contributed by atoms with E-state index in [0.29, 0.717) is 6.54 Å². The summed E-state index contributed by atoms with van der Waals surface area (Å²) >= 11 is 0. The second-order valence-electron chi connectivity index (χ2n) is 8.44. The van der Waals surface area contributed by atoms with Gasteiger partial charge < -0.3 is 20.3 Å². The number of fused-ring (bicyclic) bond motifs is 1. The fraction of sp³-hybridized carbons (Fsp3) is 0.333. The van der Waals surface area contributed by atoms with Crippen molar-refractivity contribution in [3.8, 4) is 17.7 Å². The van der Waals surface area contributed by atoms with Gasteiger partial charge in [0.15, 0.2) is 6.19 Å². The molecule has 0 aromatic heterocycles. The lowest BCUT2D eigenvalue weighted by Crippen LogP contribution is -2.67. The SMILES string of the molecule is N#CN1CCC[C@@H](N2C=C(c3ccc(Oc4ccccc4)cc3)C3C(N)NNC(=O)C32)C1. The maximum Gasteiger partial charge on any atom is 0.257 e. The lowest BCUT2D eigenvalue weighted by Gasteiger charge is -2.42. The molecule has 8 nitrogen and oxygen atoms in total. The van der Waals surface area contributed by atoms with E-state index in [-0.39, 0.29) is 17.9 Å². The zero-order valence-electron chi connectivity index (χ0n) is 17.6. The highest BCUT2D eigenvalue weighted by Gasteiger charge is 2.48. The molecule has 8 heteroatoms. The number of hydrazine groups is 1. The number of rotatable bonds is 4. The number of nitrogens with one attached hydrogen (secondary N) is 2. The molecular formula is C24H26N6O2. The topological polar surface area (TPSA) is 107 Å². The first-order valence-electron chi connectivity index (χ1n) is 10.9. The molecule has 32 heavy (non-hydrogen) atoms. The van der Waals surface area contributed by atoms with E-state index in [0.717, 1.165) is 42.0 Å². The molecule has 0 aliphatic carbocycles. The van der Waals surface area contributed by atoms with Gasteiger partial charge in [-0.3, -0.25) is 10.2 Å². The molecule has 0 spiro atoms. The average Bonchev–Trinajstić information content (AvgIpc) is 3.25. The Morgan fingerprint density at radius 3 is 2.59 bits per heavy atom. The van der Waals surface area contributed by atoms with Crippen LogP contribution in [0.4, 0.5) is 0 Å². The molecule has 4 N–H and O–H groups in total. The highest BCUT2D eigenvalue weighted by molar-refractivity contribution is 5.89. The van der Waals surface area contributed by atoms with Gasteiger partial charge in [0.2, 0.25) is 0 Å². The number of likely N-dealkylation sites (tertiary alicyclic amines) is 1. The number of nitrogens with zero attached hydrogens (tertiary/aromatic N) is 3. The zero-order chi connectivity index (χ0) is 22.1. The maximum absolute atomic E-state index is 12.9. The molecule has 3 aliphatic rings. The Kier molecular flexibility index (Phi) is 5.43. The van der Waals surface area contributed by atoms with Crippen molar-refractivity contribution in [3.63, 3.8) is 0 Å². The normalized spacial score (nSPS) is 27.2. The van der Waals surface area contributed by atoms with Crippen LogP contribution in [0.25, 0.3) is 5.57 Å². The van der Waals surface area contributed by atoms with E-state index < -0.39 is 12.2 Å². The van der Waals surface area contributed by atoms with Gasteiger partial charge in [0.25, 0.3) is 5.91 Å². The van der Waals surface area contributed by atoms with E-state index in [2.05, 4.69) is 28.1 Å². The van der Waals surface area contributed by atoms with E-state index in [9.17, 15) is 10.1 Å². The molecule has 3 aliphatic heterocycles. The molecule has 3 heterocycles. The third-order valence-electron chi connectivity index (χ3n) is 6.45. The largest absolute Gasteiger partial charge is 0.457 e. The highest BCUT2D eigenvalue weighted by Crippen LogP contribution is 2.40. The van der Waals surface area contributed by atoms with Crippen molar-refractivity contribution in [2.45, 2.75) is 31.1 Å². The number of ether oxygens (including phenoxy) is 1. The molecule has 2 saturated heterocycles. The van der Waals surface area contributed by atoms with Crippen molar-refractivity contribution in [1.82, 2.24) is 20.7 Å². The Bertz CT molecular complexity index is 1050. The second-order valence-corrected chi connectivity index (χ2v) is 8.44. The van der Waals surface area contributed by atoms with Crippen molar-refractivity contribution < 1.29 is 9.53 Å². The predicted molar refractivity (Wildman–Crippen MR) is 120 cm³/mol. The summed E-state index contributed by atoms with van der Waals surface area (Å²) in [6, 6.07) is 17.2. The third kappa shape index (κ3) is 3.77. The van der Waals surface area contributed by atoms with Crippen LogP contribution < -0.4 is 21.3 Å². The van der Waals surface area contributed by atoms with Gasteiger partial charge >= 0.3 is 0 Å². The minimum atomic E-state index is -0.412. The molecule has 0 bridgehead atoms. The van der Waals surface area contributed by atoms with Gasteiger partial charge in [-0.05, 0) is 48.2 Å². The van der Waals surface area contributed by atoms with Gasteiger partial charge in [0, 0.05) is 31.2 Å². The molecule has 2 aromatic carbocycles. The van der Waals surface area contributed by atoms with Crippen LogP contribution in [0.2, 0.25) is 0 Å². The molecule has 5 rings (SSSR count). The molecule has 2 aromatic rings. The van der Waals surface area contributed by atoms with Crippen molar-refractivity contribution in [2.75, 3.05) is 13.1 Å². The Labute approximate surface area is 187 Å². The third-order valence-corrected chi connectivity index (χ3v) is 6.45. The monoisotopic (exact) mass is 430 g/mol. The first-order chi connectivity index (χ1) is 15.6. The zero-order valence-corrected chi connectivity index (χ0v) is 17.6. The second kappa shape index (κ2) is 8.54. The summed E-state index contributed by atoms with van der Waals surface area (Å²) in [4.78, 5) is 16.7. The fourth-order valence-corrected chi connectivity index (χ4v) is 4.92. The number of benzene rings is 2. The van der Waals surface area contributed by atoms with Crippen LogP contribution in [-0.2, 0) is 4.79 Å². The molecule has 1 amide bonds. The van der Waals surface area contributed by atoms with E-state index in [1.165, 1.54) is 0 Å². The molecule has 0 saturated carbocycles. The molecule has 2 fully saturated rings. The summed E-state index contributed by atoms with van der Waals surface area (Å²) in [5.41, 5.74) is 14.1. The molecule has 3 unspecified atom stereocenters. The van der Waals surface area contributed by atoms with E-state index in [4.69, 9.17) is 10.5 Å². The minimum absolute atomic E-state index is 0.0881. The van der Waals surface area contributed by atoms with Crippen LogP contribution in [0.1, 0.15) is 18.4 Å². The Hall–Kier alpha value is -3.54. The fourth-order valence-electron chi connectivity index (χ4n) is 4.92. The summed E-state index contributed by atoms with van der Waals surface area (Å²) in [6.45, 7) is 1.38. The first kappa shape index (κ1) is 20.4. The number of para-hydroxylation sites is 1. The van der Waals surface area contributed by atoms with Crippen LogP contribution in [0.3, 0.4) is 0 Å². The van der Waals surface area contributed by atoms with Crippen molar-refractivity contribution in [2.24, 2.45) is 11.7 Å². The van der Waals surface area contributed by atoms with Crippen LogP contribution in [0.15, 0.2) is 60.8 Å². The lowest BCUT2D eigenvalue weighted by molar-refractivity contribution is -0.131. The van der Waals surface area contributed by atoms with Crippen molar-refractivity contribution >= 4 is 11.5 Å². The van der Waals surface area contributed by atoms with Crippen LogP contribution in [-0.4, -0.2) is 47.0 Å². The number of nitriles is 1. The summed E-state index contributed by atoms with van der Waals surface area (Å²) in [5.74, 6) is 1.23. The Morgan fingerprint density at radius 2 is 1.84 bits per heavy atom. The molecule has 0 radical (unpaired) electrons. The summed E-state index contributed by atoms with van der Waals surface area (Å²) < 4.78 is 5.91. The van der Waals surface area contributed by atoms with Gasteiger partial charge in [-0.25, -0.2) is 5.43 Å². The smallest absolute Gasteiger partial charge is 0.257 e. The summed E-state index contributed by atoms with van der Waals surface area (Å²) in [6.07, 6.45) is 5.77. The Balaban J connectivity index is 1.43. The van der Waals surface area contributed by atoms with Crippen molar-refractivity contribution in [1.29, 1.82) is 5.26 Å². The quantitative estimate of drug-likeness (QED) is 0.637. The Morgan fingerprint density at radius 1 is 1.09 bits per heavy atom. The van der Waals surface area contributed by atoms with Gasteiger partial charge in [-0.15, -0.1) is 0 Å². The van der Waals surface area contributed by atoms with Gasteiger partial charge in [0.05, 0.1) is 6.17 Å². The number of hydrogen-bond acceptors (Lipinski definition) is 7. The molecule has 164 valence electrons.